The third-order valence-corrected chi connectivity index (χ3v) is 5.77. The zero-order valence-corrected chi connectivity index (χ0v) is 9.80. The van der Waals surface area contributed by atoms with Crippen molar-refractivity contribution in [3.63, 3.8) is 0 Å². The van der Waals surface area contributed by atoms with Crippen LogP contribution in [0.4, 0.5) is 0 Å². The monoisotopic (exact) mass is 212 g/mol. The lowest BCUT2D eigenvalue weighted by atomic mass is 10.2. The molecule has 0 bridgehead atoms. The molecule has 5 heteroatoms. The molecule has 0 heterocycles. The molecule has 0 aliphatic carbocycles. The summed E-state index contributed by atoms with van der Waals surface area (Å²) in [6.07, 6.45) is 1.10. The van der Waals surface area contributed by atoms with Gasteiger partial charge in [-0.05, 0) is 19.8 Å². The van der Waals surface area contributed by atoms with Gasteiger partial charge in [-0.25, -0.2) is 0 Å². The van der Waals surface area contributed by atoms with Crippen LogP contribution in [0.1, 0.15) is 33.6 Å². The second-order valence-corrected chi connectivity index (χ2v) is 6.11. The van der Waals surface area contributed by atoms with Crippen LogP contribution in [0.5, 0.6) is 0 Å². The number of hydrogen-bond acceptors (Lipinski definition) is 3. The van der Waals surface area contributed by atoms with Gasteiger partial charge >= 0.3 is 0 Å². The maximum absolute atomic E-state index is 11.5. The maximum atomic E-state index is 11.5. The van der Waals surface area contributed by atoms with Crippen LogP contribution in [0.3, 0.4) is 0 Å². The van der Waals surface area contributed by atoms with Crippen molar-refractivity contribution in [3.05, 3.63) is 0 Å². The van der Waals surface area contributed by atoms with Gasteiger partial charge in [0.05, 0.1) is 6.61 Å². The van der Waals surface area contributed by atoms with Crippen molar-refractivity contribution in [1.82, 2.24) is 0 Å². The van der Waals surface area contributed by atoms with Crippen molar-refractivity contribution in [2.24, 2.45) is 0 Å². The summed E-state index contributed by atoms with van der Waals surface area (Å²) in [6, 6.07) is 0. The summed E-state index contributed by atoms with van der Waals surface area (Å²) in [6.45, 7) is 5.56. The van der Waals surface area contributed by atoms with Crippen LogP contribution in [-0.4, -0.2) is 19.5 Å². The topological polar surface area (TPSA) is 43.4 Å². The Morgan fingerprint density at radius 2 is 1.67 bits per heavy atom. The first-order valence-corrected chi connectivity index (χ1v) is 6.10. The van der Waals surface area contributed by atoms with Crippen LogP contribution in [0.15, 0.2) is 0 Å². The van der Waals surface area contributed by atoms with Crippen molar-refractivity contribution in [1.29, 1.82) is 0 Å². The van der Waals surface area contributed by atoms with Crippen LogP contribution in [-0.2, 0) is 14.3 Å². The number of hydrogen-bond donors (Lipinski definition) is 0. The van der Waals surface area contributed by atoms with Gasteiger partial charge in [0, 0.05) is 0 Å². The molecule has 0 spiro atoms. The minimum Gasteiger partial charge on any atom is -0.270 e. The molecule has 0 fully saturated rings. The Kier molecular flexibility index (Phi) is 4.67. The van der Waals surface area contributed by atoms with Crippen molar-refractivity contribution in [3.8, 4) is 0 Å². The van der Waals surface area contributed by atoms with E-state index in [4.69, 9.17) is 4.18 Å². The molecule has 0 saturated carbocycles. The highest BCUT2D eigenvalue weighted by Gasteiger charge is 2.36. The Morgan fingerprint density at radius 3 is 1.92 bits per heavy atom. The molecular formula is C7H17O3PS. The molecule has 0 saturated heterocycles. The fraction of sp³-hybridized carbons (Fsp3) is 1.00. The van der Waals surface area contributed by atoms with Crippen molar-refractivity contribution in [2.75, 3.05) is 6.61 Å². The first-order valence-electron chi connectivity index (χ1n) is 4.11. The molecule has 0 N–H and O–H groups in total. The summed E-state index contributed by atoms with van der Waals surface area (Å²) in [5.74, 6) is 0. The van der Waals surface area contributed by atoms with Gasteiger partial charge in [-0.1, -0.05) is 13.8 Å². The van der Waals surface area contributed by atoms with Gasteiger partial charge in [-0.2, -0.15) is 8.42 Å². The van der Waals surface area contributed by atoms with Gasteiger partial charge in [0.1, 0.15) is 4.49 Å². The largest absolute Gasteiger partial charge is 0.276 e. The lowest BCUT2D eigenvalue weighted by molar-refractivity contribution is 0.324. The Labute approximate surface area is 77.2 Å². The average molecular weight is 212 g/mol. The molecule has 0 aromatic carbocycles. The van der Waals surface area contributed by atoms with E-state index < -0.39 is 14.6 Å². The van der Waals surface area contributed by atoms with E-state index in [0.29, 0.717) is 12.8 Å². The maximum Gasteiger partial charge on any atom is 0.276 e. The third-order valence-electron chi connectivity index (χ3n) is 1.97. The molecule has 0 aromatic rings. The highest BCUT2D eigenvalue weighted by molar-refractivity contribution is 7.92. The summed E-state index contributed by atoms with van der Waals surface area (Å²) in [4.78, 5) is 0. The van der Waals surface area contributed by atoms with Crippen molar-refractivity contribution < 1.29 is 12.6 Å². The van der Waals surface area contributed by atoms with E-state index in [-0.39, 0.29) is 6.61 Å². The summed E-state index contributed by atoms with van der Waals surface area (Å²) in [5, 5.41) is 0. The molecule has 0 aliphatic heterocycles. The molecule has 1 unspecified atom stereocenters. The molecule has 0 aromatic heterocycles. The summed E-state index contributed by atoms with van der Waals surface area (Å²) >= 11 is 0. The zero-order valence-electron chi connectivity index (χ0n) is 7.83. The molecule has 0 radical (unpaired) electrons. The standard InChI is InChI=1S/C7H17O3PS/c1-4-7(11,5-2)12(8,9)10-6-3/h4-6,11H2,1-3H3. The Balaban J connectivity index is 4.72. The van der Waals surface area contributed by atoms with Crippen molar-refractivity contribution in [2.45, 2.75) is 38.1 Å². The van der Waals surface area contributed by atoms with E-state index in [2.05, 4.69) is 9.24 Å². The molecule has 3 nitrogen and oxygen atoms in total. The minimum atomic E-state index is -3.41. The molecule has 12 heavy (non-hydrogen) atoms. The van der Waals surface area contributed by atoms with Crippen LogP contribution >= 0.6 is 9.24 Å². The molecule has 0 amide bonds. The smallest absolute Gasteiger partial charge is 0.270 e. The van der Waals surface area contributed by atoms with Crippen LogP contribution in [0.25, 0.3) is 0 Å². The third kappa shape index (κ3) is 2.41. The lowest BCUT2D eigenvalue weighted by Gasteiger charge is -2.24. The summed E-state index contributed by atoms with van der Waals surface area (Å²) in [5.41, 5.74) is 0. The van der Waals surface area contributed by atoms with Crippen LogP contribution in [0.2, 0.25) is 0 Å². The Hall–Kier alpha value is 0.340. The van der Waals surface area contributed by atoms with E-state index in [1.165, 1.54) is 0 Å². The zero-order chi connectivity index (χ0) is 9.83. The van der Waals surface area contributed by atoms with Gasteiger partial charge in [-0.3, -0.25) is 4.18 Å². The molecule has 0 rings (SSSR count). The molecule has 74 valence electrons. The Bertz CT molecular complexity index is 219. The summed E-state index contributed by atoms with van der Waals surface area (Å²) < 4.78 is 26.9. The van der Waals surface area contributed by atoms with Crippen molar-refractivity contribution >= 4 is 19.4 Å². The summed E-state index contributed by atoms with van der Waals surface area (Å²) in [7, 11) is -1.03. The lowest BCUT2D eigenvalue weighted by Crippen LogP contribution is -2.32. The fourth-order valence-corrected chi connectivity index (χ4v) is 2.33. The first-order chi connectivity index (χ1) is 5.43. The van der Waals surface area contributed by atoms with E-state index in [0.717, 1.165) is 0 Å². The molecule has 1 atom stereocenters. The van der Waals surface area contributed by atoms with E-state index in [9.17, 15) is 8.42 Å². The predicted molar refractivity (Wildman–Crippen MR) is 53.6 cm³/mol. The van der Waals surface area contributed by atoms with E-state index >= 15 is 0 Å². The first kappa shape index (κ1) is 12.3. The molecular weight excluding hydrogens is 195 g/mol. The van der Waals surface area contributed by atoms with Gasteiger partial charge < -0.3 is 0 Å². The van der Waals surface area contributed by atoms with Crippen LogP contribution in [0, 0.1) is 0 Å². The SMILES string of the molecule is CCOS(=O)(=O)C(P)(CC)CC. The fourth-order valence-electron chi connectivity index (χ4n) is 0.876. The van der Waals surface area contributed by atoms with Gasteiger partial charge in [0.2, 0.25) is 0 Å². The molecule has 0 aliphatic rings. The van der Waals surface area contributed by atoms with E-state index in [1.807, 2.05) is 13.8 Å². The average Bonchev–Trinajstić information content (AvgIpc) is 2.02. The van der Waals surface area contributed by atoms with Gasteiger partial charge in [0.15, 0.2) is 0 Å². The minimum absolute atomic E-state index is 0.207. The van der Waals surface area contributed by atoms with E-state index in [1.54, 1.807) is 6.92 Å². The van der Waals surface area contributed by atoms with Gasteiger partial charge in [0.25, 0.3) is 10.1 Å². The van der Waals surface area contributed by atoms with Gasteiger partial charge in [-0.15, -0.1) is 9.24 Å². The second-order valence-electron chi connectivity index (χ2n) is 2.63. The predicted octanol–water partition coefficient (Wildman–Crippen LogP) is 1.74. The highest BCUT2D eigenvalue weighted by Crippen LogP contribution is 2.34. The quantitative estimate of drug-likeness (QED) is 0.515. The second kappa shape index (κ2) is 4.54. The normalized spacial score (nSPS) is 13.3. The highest BCUT2D eigenvalue weighted by atomic mass is 32.2. The van der Waals surface area contributed by atoms with Crippen LogP contribution < -0.4 is 0 Å². The Morgan fingerprint density at radius 1 is 1.25 bits per heavy atom. The number of rotatable bonds is 5.